The molecule has 0 N–H and O–H groups in total. The van der Waals surface area contributed by atoms with Gasteiger partial charge < -0.3 is 23.8 Å². The van der Waals surface area contributed by atoms with Crippen molar-refractivity contribution in [3.05, 3.63) is 11.4 Å². The van der Waals surface area contributed by atoms with Crippen LogP contribution in [0, 0.1) is 6.57 Å². The maximum absolute atomic E-state index is 6.91. The van der Waals surface area contributed by atoms with Crippen LogP contribution in [0.4, 0.5) is 0 Å². The molecule has 5 nitrogen and oxygen atoms in total. The molecule has 0 saturated carbocycles. The number of rotatable bonds is 12. The van der Waals surface area contributed by atoms with Crippen LogP contribution >= 0.6 is 67.8 Å². The van der Waals surface area contributed by atoms with E-state index in [0.717, 1.165) is 41.0 Å². The van der Waals surface area contributed by atoms with Crippen LogP contribution in [-0.2, 0) is 18.9 Å². The molecule has 0 unspecified atom stereocenters. The van der Waals surface area contributed by atoms with Crippen molar-refractivity contribution in [3.63, 3.8) is 0 Å². The lowest BCUT2D eigenvalue weighted by atomic mass is 9.87. The predicted octanol–water partition coefficient (Wildman–Crippen LogP) is 8.51. The van der Waals surface area contributed by atoms with Crippen LogP contribution in [-0.4, -0.2) is 67.7 Å². The van der Waals surface area contributed by atoms with Crippen molar-refractivity contribution in [2.75, 3.05) is 19.8 Å². The van der Waals surface area contributed by atoms with Gasteiger partial charge in [-0.1, -0.05) is 107 Å². The van der Waals surface area contributed by atoms with Crippen LogP contribution in [0.25, 0.3) is 4.85 Å². The maximum Gasteiger partial charge on any atom is 0.217 e. The molecule has 0 bridgehead atoms. The highest BCUT2D eigenvalue weighted by atomic mass is 127. The first kappa shape index (κ1) is 33.0. The molecule has 4 aliphatic rings. The molecule has 0 spiro atoms. The van der Waals surface area contributed by atoms with Crippen LogP contribution < -0.4 is 0 Å². The van der Waals surface area contributed by atoms with Crippen molar-refractivity contribution >= 4 is 67.8 Å². The number of hydrogen-bond acceptors (Lipinski definition) is 4. The molecule has 0 aromatic heterocycles. The lowest BCUT2D eigenvalue weighted by molar-refractivity contribution is -0.152. The van der Waals surface area contributed by atoms with E-state index >= 15 is 0 Å². The SMILES string of the molecule is CCCC[C@H]1C[C@]2(CI)O[C@@H](CCI)CC[C@@H]2O1.[C-]#[N+]CC[C@H]1CC[C@@H]2O[C@@H](CCCC)C[C@]2(CI)O1. The zero-order valence-electron chi connectivity index (χ0n) is 22.9. The van der Waals surface area contributed by atoms with Gasteiger partial charge in [0.05, 0.1) is 36.6 Å². The molecule has 4 aliphatic heterocycles. The van der Waals surface area contributed by atoms with Crippen molar-refractivity contribution in [2.45, 2.75) is 152 Å². The molecule has 37 heavy (non-hydrogen) atoms. The standard InChI is InChI=1S/C15H24INO2.C14H24I2O2/c1-3-4-5-13-10-15(11-16)14(18-13)7-6-12(19-15)8-9-17-2;1-2-3-4-12-9-14(10-16)13(17-12)6-5-11(18-14)7-8-15/h12-14H,3-11H2,1H3;11-13H,2-10H2,1H3/t12-,13+,14+,15-;11-,12+,13+,14-/m11/s1. The Labute approximate surface area is 267 Å². The quantitative estimate of drug-likeness (QED) is 0.112. The molecule has 0 radical (unpaired) electrons. The molecule has 0 amide bonds. The van der Waals surface area contributed by atoms with Crippen LogP contribution in [0.3, 0.4) is 0 Å². The molecule has 8 atom stereocenters. The van der Waals surface area contributed by atoms with Gasteiger partial charge >= 0.3 is 0 Å². The zero-order chi connectivity index (χ0) is 26.7. The summed E-state index contributed by atoms with van der Waals surface area (Å²) in [5.41, 5.74) is -0.0302. The van der Waals surface area contributed by atoms with Gasteiger partial charge in [-0.05, 0) is 44.9 Å². The number of fused-ring (bicyclic) bond motifs is 2. The Balaban J connectivity index is 0.000000206. The molecule has 4 saturated heterocycles. The van der Waals surface area contributed by atoms with Crippen LogP contribution in [0.15, 0.2) is 0 Å². The van der Waals surface area contributed by atoms with Crippen molar-refractivity contribution in [2.24, 2.45) is 0 Å². The minimum Gasteiger partial charge on any atom is -0.372 e. The van der Waals surface area contributed by atoms with Crippen LogP contribution in [0.5, 0.6) is 0 Å². The van der Waals surface area contributed by atoms with E-state index in [0.29, 0.717) is 31.0 Å². The summed E-state index contributed by atoms with van der Waals surface area (Å²) in [6.07, 6.45) is 18.4. The van der Waals surface area contributed by atoms with Gasteiger partial charge in [0.15, 0.2) is 0 Å². The van der Waals surface area contributed by atoms with Crippen LogP contribution in [0.1, 0.15) is 104 Å². The summed E-state index contributed by atoms with van der Waals surface area (Å²) in [6.45, 7) is 12.0. The summed E-state index contributed by atoms with van der Waals surface area (Å²) in [5, 5.41) is 0. The van der Waals surface area contributed by atoms with E-state index in [9.17, 15) is 0 Å². The van der Waals surface area contributed by atoms with E-state index in [1.807, 2.05) is 0 Å². The Kier molecular flexibility index (Phi) is 15.0. The number of ether oxygens (including phenoxy) is 4. The van der Waals surface area contributed by atoms with Crippen molar-refractivity contribution in [1.82, 2.24) is 0 Å². The molecular formula is C29H48I3NO4. The Morgan fingerprint density at radius 1 is 0.703 bits per heavy atom. The summed E-state index contributed by atoms with van der Waals surface area (Å²) in [7, 11) is 0. The predicted molar refractivity (Wildman–Crippen MR) is 177 cm³/mol. The Bertz CT molecular complexity index is 709. The van der Waals surface area contributed by atoms with Gasteiger partial charge in [0.2, 0.25) is 6.54 Å². The van der Waals surface area contributed by atoms with E-state index in [4.69, 9.17) is 25.5 Å². The first-order chi connectivity index (χ1) is 18.0. The molecule has 0 aromatic carbocycles. The third kappa shape index (κ3) is 9.00. The van der Waals surface area contributed by atoms with Crippen LogP contribution in [0.2, 0.25) is 0 Å². The summed E-state index contributed by atoms with van der Waals surface area (Å²) in [4.78, 5) is 3.46. The highest BCUT2D eigenvalue weighted by Gasteiger charge is 2.53. The molecule has 214 valence electrons. The van der Waals surface area contributed by atoms with Gasteiger partial charge in [0, 0.05) is 32.5 Å². The lowest BCUT2D eigenvalue weighted by Crippen LogP contribution is -2.49. The highest BCUT2D eigenvalue weighted by molar-refractivity contribution is 14.1. The molecule has 4 rings (SSSR count). The molecule has 4 heterocycles. The number of halogens is 3. The number of hydrogen-bond donors (Lipinski definition) is 0. The largest absolute Gasteiger partial charge is 0.372 e. The van der Waals surface area contributed by atoms with Gasteiger partial charge in [-0.25, -0.2) is 6.57 Å². The molecule has 0 aromatic rings. The summed E-state index contributed by atoms with van der Waals surface area (Å²) in [5.74, 6) is 0. The Morgan fingerprint density at radius 3 is 1.59 bits per heavy atom. The Morgan fingerprint density at radius 2 is 1.19 bits per heavy atom. The minimum absolute atomic E-state index is 0.0354. The third-order valence-electron chi connectivity index (χ3n) is 8.54. The van der Waals surface area contributed by atoms with Gasteiger partial charge in [0.1, 0.15) is 11.2 Å². The lowest BCUT2D eigenvalue weighted by Gasteiger charge is -2.41. The molecule has 0 aliphatic carbocycles. The first-order valence-electron chi connectivity index (χ1n) is 14.7. The van der Waals surface area contributed by atoms with Gasteiger partial charge in [0.25, 0.3) is 0 Å². The average molecular weight is 855 g/mol. The average Bonchev–Trinajstić information content (AvgIpc) is 3.48. The second kappa shape index (κ2) is 16.8. The van der Waals surface area contributed by atoms with E-state index < -0.39 is 0 Å². The summed E-state index contributed by atoms with van der Waals surface area (Å²) in [6, 6.07) is 0. The number of unbranched alkanes of at least 4 members (excludes halogenated alkanes) is 2. The first-order valence-corrected chi connectivity index (χ1v) is 19.2. The van der Waals surface area contributed by atoms with Gasteiger partial charge in [-0.15, -0.1) is 0 Å². The normalized spacial score (nSPS) is 38.8. The van der Waals surface area contributed by atoms with E-state index in [2.05, 4.69) is 86.5 Å². The van der Waals surface area contributed by atoms with Gasteiger partial charge in [-0.2, -0.15) is 0 Å². The van der Waals surface area contributed by atoms with Gasteiger partial charge in [-0.3, -0.25) is 0 Å². The zero-order valence-corrected chi connectivity index (χ0v) is 29.4. The maximum atomic E-state index is 6.91. The number of alkyl halides is 3. The fourth-order valence-corrected chi connectivity index (χ4v) is 9.15. The van der Waals surface area contributed by atoms with Crippen molar-refractivity contribution in [1.29, 1.82) is 0 Å². The van der Waals surface area contributed by atoms with E-state index in [1.54, 1.807) is 0 Å². The summed E-state index contributed by atoms with van der Waals surface area (Å²) >= 11 is 7.39. The smallest absolute Gasteiger partial charge is 0.217 e. The minimum atomic E-state index is -0.0656. The second-order valence-electron chi connectivity index (χ2n) is 11.4. The van der Waals surface area contributed by atoms with E-state index in [-0.39, 0.29) is 23.4 Å². The van der Waals surface area contributed by atoms with E-state index in [1.165, 1.54) is 62.2 Å². The van der Waals surface area contributed by atoms with Crippen molar-refractivity contribution < 1.29 is 18.9 Å². The topological polar surface area (TPSA) is 41.3 Å². The Hall–Kier alpha value is 1.52. The molecular weight excluding hydrogens is 807 g/mol. The third-order valence-corrected chi connectivity index (χ3v) is 11.7. The fourth-order valence-electron chi connectivity index (χ4n) is 6.49. The summed E-state index contributed by atoms with van der Waals surface area (Å²) < 4.78 is 28.6. The molecule has 8 heteroatoms. The number of nitrogens with zero attached hydrogens (tertiary/aromatic N) is 1. The monoisotopic (exact) mass is 855 g/mol. The fraction of sp³-hybridized carbons (Fsp3) is 0.966. The molecule has 4 fully saturated rings. The second-order valence-corrected chi connectivity index (χ2v) is 14.0. The highest BCUT2D eigenvalue weighted by Crippen LogP contribution is 2.45. The van der Waals surface area contributed by atoms with Crippen molar-refractivity contribution in [3.8, 4) is 0 Å².